The summed E-state index contributed by atoms with van der Waals surface area (Å²) in [5.41, 5.74) is 0. The predicted octanol–water partition coefficient (Wildman–Crippen LogP) is 2.62. The van der Waals surface area contributed by atoms with Gasteiger partial charge in [-0.2, -0.15) is 0 Å². The van der Waals surface area contributed by atoms with E-state index in [1.54, 1.807) is 17.5 Å². The largest absolute Gasteiger partial charge is 0.348 e. The number of aromatic nitrogens is 1. The number of hydrogen-bond acceptors (Lipinski definition) is 5. The van der Waals surface area contributed by atoms with Gasteiger partial charge in [-0.1, -0.05) is 0 Å². The highest BCUT2D eigenvalue weighted by atomic mass is 32.2. The zero-order valence-electron chi connectivity index (χ0n) is 12.8. The highest BCUT2D eigenvalue weighted by molar-refractivity contribution is 7.89. The van der Waals surface area contributed by atoms with Crippen LogP contribution in [0.3, 0.4) is 0 Å². The average molecular weight is 373 g/mol. The van der Waals surface area contributed by atoms with Gasteiger partial charge in [0.25, 0.3) is 0 Å². The van der Waals surface area contributed by atoms with Crippen LogP contribution >= 0.6 is 11.3 Å². The fourth-order valence-electron chi connectivity index (χ4n) is 2.73. The van der Waals surface area contributed by atoms with E-state index in [0.717, 1.165) is 36.7 Å². The number of sulfonamides is 1. The van der Waals surface area contributed by atoms with Crippen molar-refractivity contribution in [1.29, 1.82) is 0 Å². The molecule has 1 fully saturated rings. The van der Waals surface area contributed by atoms with Crippen molar-refractivity contribution in [3.63, 3.8) is 0 Å². The summed E-state index contributed by atoms with van der Waals surface area (Å²) in [6, 6.07) is 2.57. The van der Waals surface area contributed by atoms with Crippen molar-refractivity contribution in [1.82, 2.24) is 9.71 Å². The molecule has 0 bridgehead atoms. The Balaban J connectivity index is 1.62. The van der Waals surface area contributed by atoms with Crippen LogP contribution in [0.25, 0.3) is 0 Å². The van der Waals surface area contributed by atoms with E-state index < -0.39 is 21.7 Å². The lowest BCUT2D eigenvalue weighted by Gasteiger charge is -2.32. The number of nitrogens with zero attached hydrogens (tertiary/aromatic N) is 2. The van der Waals surface area contributed by atoms with Gasteiger partial charge in [0.1, 0.15) is 0 Å². The van der Waals surface area contributed by atoms with Gasteiger partial charge in [-0.05, 0) is 37.0 Å². The molecule has 1 aromatic carbocycles. The van der Waals surface area contributed by atoms with Crippen molar-refractivity contribution in [2.75, 3.05) is 24.5 Å². The molecular formula is C15H17F2N3O2S2. The van der Waals surface area contributed by atoms with E-state index in [1.807, 2.05) is 5.38 Å². The fourth-order valence-corrected chi connectivity index (χ4v) is 4.54. The van der Waals surface area contributed by atoms with Gasteiger partial charge in [0, 0.05) is 31.2 Å². The Kier molecular flexibility index (Phi) is 5.12. The average Bonchev–Trinajstić information content (AvgIpc) is 3.10. The van der Waals surface area contributed by atoms with Gasteiger partial charge in [-0.15, -0.1) is 11.3 Å². The molecule has 1 aromatic heterocycles. The number of benzene rings is 1. The van der Waals surface area contributed by atoms with Crippen molar-refractivity contribution < 1.29 is 17.2 Å². The lowest BCUT2D eigenvalue weighted by atomic mass is 9.99. The second-order valence-corrected chi connectivity index (χ2v) is 8.34. The molecule has 2 heterocycles. The molecule has 1 atom stereocenters. The van der Waals surface area contributed by atoms with E-state index in [-0.39, 0.29) is 17.4 Å². The molecule has 1 saturated heterocycles. The lowest BCUT2D eigenvalue weighted by molar-refractivity contribution is 0.410. The van der Waals surface area contributed by atoms with Crippen LogP contribution in [0.15, 0.2) is 34.7 Å². The van der Waals surface area contributed by atoms with Crippen LogP contribution in [0, 0.1) is 17.6 Å². The van der Waals surface area contributed by atoms with E-state index in [0.29, 0.717) is 12.6 Å². The van der Waals surface area contributed by atoms with Crippen LogP contribution in [0.2, 0.25) is 0 Å². The van der Waals surface area contributed by atoms with E-state index in [1.165, 1.54) is 0 Å². The van der Waals surface area contributed by atoms with Gasteiger partial charge >= 0.3 is 0 Å². The Morgan fingerprint density at radius 1 is 1.33 bits per heavy atom. The summed E-state index contributed by atoms with van der Waals surface area (Å²) in [5.74, 6) is -2.10. The summed E-state index contributed by atoms with van der Waals surface area (Å²) in [7, 11) is -3.86. The lowest BCUT2D eigenvalue weighted by Crippen LogP contribution is -2.41. The maximum absolute atomic E-state index is 13.2. The van der Waals surface area contributed by atoms with Crippen LogP contribution in [-0.4, -0.2) is 33.0 Å². The molecule has 0 spiro atoms. The quantitative estimate of drug-likeness (QED) is 0.875. The van der Waals surface area contributed by atoms with Crippen molar-refractivity contribution in [3.05, 3.63) is 41.4 Å². The molecule has 0 radical (unpaired) electrons. The maximum atomic E-state index is 13.2. The van der Waals surface area contributed by atoms with Crippen molar-refractivity contribution in [3.8, 4) is 0 Å². The molecule has 0 amide bonds. The Hall–Kier alpha value is -1.58. The first kappa shape index (κ1) is 17.2. The molecule has 0 saturated carbocycles. The molecule has 3 rings (SSSR count). The minimum atomic E-state index is -3.86. The highest BCUT2D eigenvalue weighted by Crippen LogP contribution is 2.24. The first-order valence-corrected chi connectivity index (χ1v) is 9.91. The molecule has 2 aromatic rings. The summed E-state index contributed by atoms with van der Waals surface area (Å²) in [5, 5.41) is 2.84. The van der Waals surface area contributed by atoms with Crippen LogP contribution in [0.1, 0.15) is 12.8 Å². The normalized spacial score (nSPS) is 18.8. The summed E-state index contributed by atoms with van der Waals surface area (Å²) in [6.45, 7) is 1.87. The minimum absolute atomic E-state index is 0.141. The molecule has 1 N–H and O–H groups in total. The standard InChI is InChI=1S/C15H17F2N3O2S2/c16-13-4-3-12(8-14(13)17)24(21,22)19-9-11-2-1-6-20(10-11)15-18-5-7-23-15/h3-5,7-8,11,19H,1-2,6,9-10H2. The van der Waals surface area contributed by atoms with Crippen molar-refractivity contribution in [2.24, 2.45) is 5.92 Å². The summed E-state index contributed by atoms with van der Waals surface area (Å²) in [4.78, 5) is 6.15. The topological polar surface area (TPSA) is 62.3 Å². The zero-order chi connectivity index (χ0) is 17.2. The van der Waals surface area contributed by atoms with Crippen LogP contribution in [0.4, 0.5) is 13.9 Å². The number of halogens is 2. The number of hydrogen-bond donors (Lipinski definition) is 1. The highest BCUT2D eigenvalue weighted by Gasteiger charge is 2.24. The third kappa shape index (κ3) is 3.90. The Morgan fingerprint density at radius 3 is 2.88 bits per heavy atom. The molecule has 1 unspecified atom stereocenters. The second kappa shape index (κ2) is 7.12. The predicted molar refractivity (Wildman–Crippen MR) is 88.6 cm³/mol. The van der Waals surface area contributed by atoms with E-state index in [9.17, 15) is 17.2 Å². The van der Waals surface area contributed by atoms with Crippen molar-refractivity contribution in [2.45, 2.75) is 17.7 Å². The van der Waals surface area contributed by atoms with Crippen LogP contribution in [-0.2, 0) is 10.0 Å². The fraction of sp³-hybridized carbons (Fsp3) is 0.400. The number of piperidine rings is 1. The van der Waals surface area contributed by atoms with E-state index in [2.05, 4.69) is 14.6 Å². The second-order valence-electron chi connectivity index (χ2n) is 5.70. The molecule has 1 aliphatic heterocycles. The smallest absolute Gasteiger partial charge is 0.240 e. The van der Waals surface area contributed by atoms with Crippen LogP contribution in [0.5, 0.6) is 0 Å². The summed E-state index contributed by atoms with van der Waals surface area (Å²) >= 11 is 1.55. The SMILES string of the molecule is O=S(=O)(NCC1CCCN(c2nccs2)C1)c1ccc(F)c(F)c1. The third-order valence-corrected chi connectivity index (χ3v) is 6.23. The number of anilines is 1. The van der Waals surface area contributed by atoms with Gasteiger partial charge in [-0.25, -0.2) is 26.9 Å². The van der Waals surface area contributed by atoms with Gasteiger partial charge in [0.05, 0.1) is 4.90 Å². The Morgan fingerprint density at radius 2 is 2.17 bits per heavy atom. The molecule has 9 heteroatoms. The number of rotatable bonds is 5. The van der Waals surface area contributed by atoms with Crippen molar-refractivity contribution >= 4 is 26.5 Å². The molecule has 24 heavy (non-hydrogen) atoms. The summed E-state index contributed by atoms with van der Waals surface area (Å²) < 4.78 is 53.1. The number of nitrogens with one attached hydrogen (secondary N) is 1. The minimum Gasteiger partial charge on any atom is -0.348 e. The third-order valence-electron chi connectivity index (χ3n) is 3.97. The zero-order valence-corrected chi connectivity index (χ0v) is 14.4. The van der Waals surface area contributed by atoms with Crippen LogP contribution < -0.4 is 9.62 Å². The Labute approximate surface area is 143 Å². The molecular weight excluding hydrogens is 356 g/mol. The van der Waals surface area contributed by atoms with E-state index in [4.69, 9.17) is 0 Å². The van der Waals surface area contributed by atoms with Gasteiger partial charge in [0.15, 0.2) is 16.8 Å². The van der Waals surface area contributed by atoms with Gasteiger partial charge in [-0.3, -0.25) is 0 Å². The Bertz CT molecular complexity index is 797. The first-order valence-electron chi connectivity index (χ1n) is 7.55. The first-order chi connectivity index (χ1) is 11.5. The van der Waals surface area contributed by atoms with Gasteiger partial charge < -0.3 is 4.90 Å². The molecule has 0 aliphatic carbocycles. The molecule has 5 nitrogen and oxygen atoms in total. The van der Waals surface area contributed by atoms with Gasteiger partial charge in [0.2, 0.25) is 10.0 Å². The number of thiazole rings is 1. The summed E-state index contributed by atoms with van der Waals surface area (Å²) in [6.07, 6.45) is 3.61. The monoisotopic (exact) mass is 373 g/mol. The van der Waals surface area contributed by atoms with E-state index >= 15 is 0 Å². The molecule has 130 valence electrons. The maximum Gasteiger partial charge on any atom is 0.240 e. The molecule has 1 aliphatic rings.